The van der Waals surface area contributed by atoms with Crippen LogP contribution in [0.2, 0.25) is 0 Å². The van der Waals surface area contributed by atoms with Gasteiger partial charge in [0, 0.05) is 18.3 Å². The molecule has 0 aliphatic heterocycles. The van der Waals surface area contributed by atoms with Crippen molar-refractivity contribution in [1.29, 1.82) is 0 Å². The molecule has 2 rings (SSSR count). The summed E-state index contributed by atoms with van der Waals surface area (Å²) < 4.78 is 0. The maximum absolute atomic E-state index is 11.4. The molecule has 1 aromatic carbocycles. The zero-order chi connectivity index (χ0) is 15.4. The van der Waals surface area contributed by atoms with Crippen molar-refractivity contribution in [3.05, 3.63) is 59.3 Å². The average molecular weight is 284 g/mol. The Hall–Kier alpha value is -2.36. The van der Waals surface area contributed by atoms with E-state index >= 15 is 0 Å². The summed E-state index contributed by atoms with van der Waals surface area (Å²) in [5, 5.41) is 9.39. The third kappa shape index (κ3) is 3.60. The lowest BCUT2D eigenvalue weighted by Gasteiger charge is -2.29. The van der Waals surface area contributed by atoms with Crippen LogP contribution in [0.1, 0.15) is 35.5 Å². The molecular weight excluding hydrogens is 264 g/mol. The summed E-state index contributed by atoms with van der Waals surface area (Å²) in [5.74, 6) is -0.419. The van der Waals surface area contributed by atoms with Crippen molar-refractivity contribution >= 4 is 11.8 Å². The van der Waals surface area contributed by atoms with Gasteiger partial charge in [-0.1, -0.05) is 30.3 Å². The predicted molar refractivity (Wildman–Crippen MR) is 83.7 cm³/mol. The van der Waals surface area contributed by atoms with Crippen molar-refractivity contribution in [2.24, 2.45) is 0 Å². The van der Waals surface area contributed by atoms with Crippen molar-refractivity contribution in [2.45, 2.75) is 33.4 Å². The molecule has 0 bridgehead atoms. The van der Waals surface area contributed by atoms with E-state index in [1.165, 1.54) is 0 Å². The molecule has 1 heterocycles. The van der Waals surface area contributed by atoms with E-state index in [-0.39, 0.29) is 11.6 Å². The number of carboxylic acid groups (broad SMARTS) is 1. The Labute approximate surface area is 125 Å². The predicted octanol–water partition coefficient (Wildman–Crippen LogP) is 3.50. The van der Waals surface area contributed by atoms with Crippen LogP contribution in [0, 0.1) is 6.92 Å². The number of rotatable bonds is 5. The number of hydrogen-bond acceptors (Lipinski definition) is 3. The van der Waals surface area contributed by atoms with Crippen LogP contribution in [0.25, 0.3) is 0 Å². The summed E-state index contributed by atoms with van der Waals surface area (Å²) in [5.41, 5.74) is 2.18. The first-order valence-electron chi connectivity index (χ1n) is 7.00. The Bertz CT molecular complexity index is 624. The Morgan fingerprint density at radius 2 is 1.86 bits per heavy atom. The van der Waals surface area contributed by atoms with E-state index in [4.69, 9.17) is 0 Å². The number of carboxylic acids is 1. The van der Waals surface area contributed by atoms with Crippen LogP contribution in [-0.2, 0) is 6.54 Å². The summed E-state index contributed by atoms with van der Waals surface area (Å²) in [6.45, 7) is 6.59. The Balaban J connectivity index is 2.43. The summed E-state index contributed by atoms with van der Waals surface area (Å²) in [7, 11) is 0. The normalized spacial score (nSPS) is 10.7. The lowest BCUT2D eigenvalue weighted by Crippen LogP contribution is -2.32. The number of hydrogen-bond donors (Lipinski definition) is 1. The van der Waals surface area contributed by atoms with E-state index < -0.39 is 5.97 Å². The fraction of sp³-hybridized carbons (Fsp3) is 0.294. The molecule has 1 N–H and O–H groups in total. The summed E-state index contributed by atoms with van der Waals surface area (Å²) >= 11 is 0. The second-order valence-corrected chi connectivity index (χ2v) is 5.34. The van der Waals surface area contributed by atoms with Crippen molar-refractivity contribution in [2.75, 3.05) is 4.90 Å². The first-order valence-corrected chi connectivity index (χ1v) is 7.00. The molecule has 0 saturated heterocycles. The minimum absolute atomic E-state index is 0.151. The number of aromatic carboxylic acids is 1. The third-order valence-electron chi connectivity index (χ3n) is 3.34. The second-order valence-electron chi connectivity index (χ2n) is 5.34. The molecule has 0 amide bonds. The molecule has 0 radical (unpaired) electrons. The maximum atomic E-state index is 11.4. The Kier molecular flexibility index (Phi) is 4.58. The molecule has 0 spiro atoms. The highest BCUT2D eigenvalue weighted by Crippen LogP contribution is 2.23. The summed E-state index contributed by atoms with van der Waals surface area (Å²) in [6, 6.07) is 13.5. The molecule has 0 aliphatic carbocycles. The lowest BCUT2D eigenvalue weighted by molar-refractivity contribution is 0.0697. The molecule has 21 heavy (non-hydrogen) atoms. The largest absolute Gasteiger partial charge is 0.478 e. The van der Waals surface area contributed by atoms with Gasteiger partial charge < -0.3 is 10.0 Å². The summed E-state index contributed by atoms with van der Waals surface area (Å²) in [6.07, 6.45) is 0. The van der Waals surface area contributed by atoms with E-state index in [0.717, 1.165) is 11.3 Å². The lowest BCUT2D eigenvalue weighted by atomic mass is 10.1. The van der Waals surface area contributed by atoms with Crippen molar-refractivity contribution in [1.82, 2.24) is 4.98 Å². The number of pyridine rings is 1. The fourth-order valence-electron chi connectivity index (χ4n) is 2.21. The number of carbonyl (C=O) groups is 1. The molecule has 0 fully saturated rings. The van der Waals surface area contributed by atoms with Gasteiger partial charge in [0.05, 0.1) is 0 Å². The minimum Gasteiger partial charge on any atom is -0.478 e. The summed E-state index contributed by atoms with van der Waals surface area (Å²) in [4.78, 5) is 17.9. The third-order valence-corrected chi connectivity index (χ3v) is 3.34. The van der Waals surface area contributed by atoms with Crippen LogP contribution in [0.4, 0.5) is 5.82 Å². The highest BCUT2D eigenvalue weighted by Gasteiger charge is 2.20. The maximum Gasteiger partial charge on any atom is 0.339 e. The number of anilines is 1. The van der Waals surface area contributed by atoms with Crippen LogP contribution in [0.5, 0.6) is 0 Å². The zero-order valence-electron chi connectivity index (χ0n) is 12.6. The molecule has 0 atom stereocenters. The van der Waals surface area contributed by atoms with Crippen LogP contribution in [0.3, 0.4) is 0 Å². The van der Waals surface area contributed by atoms with Crippen LogP contribution < -0.4 is 4.90 Å². The molecule has 0 unspecified atom stereocenters. The molecule has 4 nitrogen and oxygen atoms in total. The molecule has 2 aromatic rings. The molecule has 1 aromatic heterocycles. The van der Waals surface area contributed by atoms with Gasteiger partial charge in [-0.15, -0.1) is 0 Å². The standard InChI is InChI=1S/C17H20N2O2/c1-12(2)19(11-14-7-5-4-6-8-14)16-15(17(20)21)10-9-13(3)18-16/h4-10,12H,11H2,1-3H3,(H,20,21). The highest BCUT2D eigenvalue weighted by atomic mass is 16.4. The SMILES string of the molecule is Cc1ccc(C(=O)O)c(N(Cc2ccccc2)C(C)C)n1. The van der Waals surface area contributed by atoms with Gasteiger partial charge in [-0.25, -0.2) is 9.78 Å². The number of aryl methyl sites for hydroxylation is 1. The van der Waals surface area contributed by atoms with E-state index in [2.05, 4.69) is 4.98 Å². The molecule has 0 saturated carbocycles. The topological polar surface area (TPSA) is 53.4 Å². The van der Waals surface area contributed by atoms with Gasteiger partial charge in [0.25, 0.3) is 0 Å². The zero-order valence-corrected chi connectivity index (χ0v) is 12.6. The van der Waals surface area contributed by atoms with Crippen LogP contribution in [0.15, 0.2) is 42.5 Å². The van der Waals surface area contributed by atoms with E-state index in [1.807, 2.05) is 56.0 Å². The van der Waals surface area contributed by atoms with Gasteiger partial charge in [-0.2, -0.15) is 0 Å². The van der Waals surface area contributed by atoms with Crippen LogP contribution >= 0.6 is 0 Å². The minimum atomic E-state index is -0.948. The molecule has 0 aliphatic rings. The number of aromatic nitrogens is 1. The van der Waals surface area contributed by atoms with Gasteiger partial charge in [0.2, 0.25) is 0 Å². The smallest absolute Gasteiger partial charge is 0.339 e. The van der Waals surface area contributed by atoms with Crippen molar-refractivity contribution in [3.63, 3.8) is 0 Å². The van der Waals surface area contributed by atoms with Gasteiger partial charge in [0.15, 0.2) is 0 Å². The number of benzene rings is 1. The fourth-order valence-corrected chi connectivity index (χ4v) is 2.21. The molecule has 4 heteroatoms. The Morgan fingerprint density at radius 3 is 2.43 bits per heavy atom. The van der Waals surface area contributed by atoms with E-state index in [0.29, 0.717) is 12.4 Å². The van der Waals surface area contributed by atoms with Gasteiger partial charge in [0.1, 0.15) is 11.4 Å². The van der Waals surface area contributed by atoms with Gasteiger partial charge in [-0.3, -0.25) is 0 Å². The van der Waals surface area contributed by atoms with Crippen molar-refractivity contribution in [3.8, 4) is 0 Å². The quantitative estimate of drug-likeness (QED) is 0.913. The van der Waals surface area contributed by atoms with Gasteiger partial charge in [-0.05, 0) is 38.5 Å². The van der Waals surface area contributed by atoms with E-state index in [9.17, 15) is 9.90 Å². The number of nitrogens with zero attached hydrogens (tertiary/aromatic N) is 2. The second kappa shape index (κ2) is 6.39. The first-order chi connectivity index (χ1) is 9.99. The monoisotopic (exact) mass is 284 g/mol. The van der Waals surface area contributed by atoms with Crippen molar-refractivity contribution < 1.29 is 9.90 Å². The van der Waals surface area contributed by atoms with E-state index in [1.54, 1.807) is 12.1 Å². The highest BCUT2D eigenvalue weighted by molar-refractivity contribution is 5.93. The molecule has 110 valence electrons. The first kappa shape index (κ1) is 15.0. The molecular formula is C17H20N2O2. The average Bonchev–Trinajstić information content (AvgIpc) is 2.45. The Morgan fingerprint density at radius 1 is 1.19 bits per heavy atom. The van der Waals surface area contributed by atoms with Crippen LogP contribution in [-0.4, -0.2) is 22.1 Å². The van der Waals surface area contributed by atoms with Gasteiger partial charge >= 0.3 is 5.97 Å².